The Labute approximate surface area is 139 Å². The summed E-state index contributed by atoms with van der Waals surface area (Å²) in [6.45, 7) is 3.78. The van der Waals surface area contributed by atoms with Gasteiger partial charge in [-0.25, -0.2) is 4.79 Å². The Morgan fingerprint density at radius 3 is 2.62 bits per heavy atom. The lowest BCUT2D eigenvalue weighted by molar-refractivity contribution is -0.385. The highest BCUT2D eigenvalue weighted by atomic mass is 16.6. The number of nitro groups is 1. The molecule has 0 aliphatic carbocycles. The zero-order valence-electron chi connectivity index (χ0n) is 13.8. The SMILES string of the molecule is COc1cc(C(=O)N2CCC(C)CC2C(=O)O)cc([N+](=O)[O-])c1C. The second-order valence-electron chi connectivity index (χ2n) is 6.06. The summed E-state index contributed by atoms with van der Waals surface area (Å²) in [5, 5.41) is 20.6. The van der Waals surface area contributed by atoms with Crippen LogP contribution in [-0.2, 0) is 4.79 Å². The normalized spacial score (nSPS) is 20.5. The summed E-state index contributed by atoms with van der Waals surface area (Å²) >= 11 is 0. The third-order valence-corrected chi connectivity index (χ3v) is 4.41. The number of likely N-dealkylation sites (tertiary alicyclic amines) is 1. The van der Waals surface area contributed by atoms with Crippen molar-refractivity contribution in [3.05, 3.63) is 33.4 Å². The fraction of sp³-hybridized carbons (Fsp3) is 0.500. The van der Waals surface area contributed by atoms with Crippen molar-refractivity contribution in [3.63, 3.8) is 0 Å². The molecular weight excluding hydrogens is 316 g/mol. The van der Waals surface area contributed by atoms with Gasteiger partial charge in [-0.2, -0.15) is 0 Å². The minimum absolute atomic E-state index is 0.0601. The molecule has 130 valence electrons. The van der Waals surface area contributed by atoms with Crippen LogP contribution in [0.25, 0.3) is 0 Å². The Hall–Kier alpha value is -2.64. The maximum Gasteiger partial charge on any atom is 0.326 e. The minimum atomic E-state index is -1.07. The molecule has 0 aromatic heterocycles. The number of benzene rings is 1. The molecule has 1 saturated heterocycles. The molecule has 2 rings (SSSR count). The second-order valence-corrected chi connectivity index (χ2v) is 6.06. The standard InChI is InChI=1S/C16H20N2O6/c1-9-4-5-17(13(6-9)16(20)21)15(19)11-7-12(18(22)23)10(2)14(8-11)24-3/h7-9,13H,4-6H2,1-3H3,(H,20,21). The summed E-state index contributed by atoms with van der Waals surface area (Å²) in [6.07, 6.45) is 1.06. The first-order valence-electron chi connectivity index (χ1n) is 7.63. The van der Waals surface area contributed by atoms with Crippen molar-refractivity contribution in [2.24, 2.45) is 5.92 Å². The Morgan fingerprint density at radius 2 is 2.08 bits per heavy atom. The summed E-state index contributed by atoms with van der Waals surface area (Å²) in [5.41, 5.74) is 0.154. The van der Waals surface area contributed by atoms with Gasteiger partial charge in [0.2, 0.25) is 0 Å². The first-order valence-corrected chi connectivity index (χ1v) is 7.63. The number of carbonyl (C=O) groups is 2. The average Bonchev–Trinajstić information content (AvgIpc) is 2.54. The van der Waals surface area contributed by atoms with Crippen LogP contribution in [0.2, 0.25) is 0 Å². The number of nitro benzene ring substituents is 1. The third-order valence-electron chi connectivity index (χ3n) is 4.41. The smallest absolute Gasteiger partial charge is 0.326 e. The van der Waals surface area contributed by atoms with E-state index in [4.69, 9.17) is 4.74 Å². The molecule has 2 unspecified atom stereocenters. The molecule has 1 fully saturated rings. The first kappa shape index (κ1) is 17.7. The number of carboxylic acids is 1. The molecule has 24 heavy (non-hydrogen) atoms. The predicted molar refractivity (Wildman–Crippen MR) is 85.2 cm³/mol. The fourth-order valence-corrected chi connectivity index (χ4v) is 2.98. The van der Waals surface area contributed by atoms with Crippen molar-refractivity contribution in [3.8, 4) is 5.75 Å². The van der Waals surface area contributed by atoms with E-state index in [0.717, 1.165) is 0 Å². The Balaban J connectivity index is 2.43. The third kappa shape index (κ3) is 3.32. The largest absolute Gasteiger partial charge is 0.496 e. The second kappa shape index (κ2) is 6.86. The van der Waals surface area contributed by atoms with E-state index in [1.165, 1.54) is 31.1 Å². The van der Waals surface area contributed by atoms with Gasteiger partial charge in [-0.1, -0.05) is 6.92 Å². The molecule has 8 heteroatoms. The maximum atomic E-state index is 12.8. The van der Waals surface area contributed by atoms with Gasteiger partial charge in [-0.3, -0.25) is 14.9 Å². The lowest BCUT2D eigenvalue weighted by Gasteiger charge is -2.36. The molecule has 8 nitrogen and oxygen atoms in total. The van der Waals surface area contributed by atoms with E-state index in [2.05, 4.69) is 0 Å². The van der Waals surface area contributed by atoms with Crippen molar-refractivity contribution in [1.29, 1.82) is 0 Å². The van der Waals surface area contributed by atoms with Crippen LogP contribution < -0.4 is 4.74 Å². The summed E-state index contributed by atoms with van der Waals surface area (Å²) in [7, 11) is 1.36. The van der Waals surface area contributed by atoms with Gasteiger partial charge in [0.15, 0.2) is 0 Å². The number of hydrogen-bond donors (Lipinski definition) is 1. The van der Waals surface area contributed by atoms with Gasteiger partial charge in [0.25, 0.3) is 11.6 Å². The molecule has 0 radical (unpaired) electrons. The zero-order chi connectivity index (χ0) is 18.0. The first-order chi connectivity index (χ1) is 11.3. The van der Waals surface area contributed by atoms with Gasteiger partial charge < -0.3 is 14.7 Å². The Kier molecular flexibility index (Phi) is 5.06. The minimum Gasteiger partial charge on any atom is -0.496 e. The molecule has 1 amide bonds. The van der Waals surface area contributed by atoms with E-state index in [0.29, 0.717) is 24.9 Å². The van der Waals surface area contributed by atoms with Crippen molar-refractivity contribution >= 4 is 17.6 Å². The van der Waals surface area contributed by atoms with Crippen LogP contribution >= 0.6 is 0 Å². The predicted octanol–water partition coefficient (Wildman–Crippen LogP) is 2.24. The van der Waals surface area contributed by atoms with Gasteiger partial charge in [0.1, 0.15) is 11.8 Å². The zero-order valence-corrected chi connectivity index (χ0v) is 13.8. The number of carbonyl (C=O) groups excluding carboxylic acids is 1. The molecular formula is C16H20N2O6. The highest BCUT2D eigenvalue weighted by molar-refractivity contribution is 5.98. The van der Waals surface area contributed by atoms with Crippen LogP contribution in [0.15, 0.2) is 12.1 Å². The number of nitrogens with zero attached hydrogens (tertiary/aromatic N) is 2. The van der Waals surface area contributed by atoms with Gasteiger partial charge in [0.05, 0.1) is 23.2 Å². The number of ether oxygens (including phenoxy) is 1. The summed E-state index contributed by atoms with van der Waals surface area (Å²) in [4.78, 5) is 36.1. The van der Waals surface area contributed by atoms with Gasteiger partial charge in [-0.15, -0.1) is 0 Å². The van der Waals surface area contributed by atoms with Crippen LogP contribution in [0, 0.1) is 23.0 Å². The number of methoxy groups -OCH3 is 1. The van der Waals surface area contributed by atoms with E-state index >= 15 is 0 Å². The monoisotopic (exact) mass is 336 g/mol. The van der Waals surface area contributed by atoms with E-state index < -0.39 is 22.8 Å². The molecule has 1 aromatic carbocycles. The Morgan fingerprint density at radius 1 is 1.42 bits per heavy atom. The molecule has 0 saturated carbocycles. The lowest BCUT2D eigenvalue weighted by Crippen LogP contribution is -2.49. The van der Waals surface area contributed by atoms with E-state index in [-0.39, 0.29) is 22.9 Å². The molecule has 1 heterocycles. The number of carboxylic acid groups (broad SMARTS) is 1. The summed E-state index contributed by atoms with van der Waals surface area (Å²) in [5.74, 6) is -1.17. The van der Waals surface area contributed by atoms with Crippen molar-refractivity contribution in [1.82, 2.24) is 4.90 Å². The molecule has 1 aliphatic rings. The van der Waals surface area contributed by atoms with E-state index in [1.54, 1.807) is 0 Å². The summed E-state index contributed by atoms with van der Waals surface area (Å²) in [6, 6.07) is 1.67. The number of hydrogen-bond acceptors (Lipinski definition) is 5. The van der Waals surface area contributed by atoms with Gasteiger partial charge >= 0.3 is 5.97 Å². The summed E-state index contributed by atoms with van der Waals surface area (Å²) < 4.78 is 5.11. The molecule has 1 aliphatic heterocycles. The van der Waals surface area contributed by atoms with E-state index in [1.807, 2.05) is 6.92 Å². The van der Waals surface area contributed by atoms with E-state index in [9.17, 15) is 24.8 Å². The fourth-order valence-electron chi connectivity index (χ4n) is 2.98. The highest BCUT2D eigenvalue weighted by Crippen LogP contribution is 2.31. The van der Waals surface area contributed by atoms with Crippen molar-refractivity contribution < 1.29 is 24.4 Å². The molecule has 2 atom stereocenters. The highest BCUT2D eigenvalue weighted by Gasteiger charge is 2.36. The number of aliphatic carboxylic acids is 1. The van der Waals surface area contributed by atoms with Crippen molar-refractivity contribution in [2.45, 2.75) is 32.7 Å². The molecule has 0 spiro atoms. The van der Waals surface area contributed by atoms with Crippen molar-refractivity contribution in [2.75, 3.05) is 13.7 Å². The van der Waals surface area contributed by atoms with Gasteiger partial charge in [-0.05, 0) is 31.7 Å². The van der Waals surface area contributed by atoms with Crippen LogP contribution in [0.4, 0.5) is 5.69 Å². The van der Waals surface area contributed by atoms with Gasteiger partial charge in [0, 0.05) is 12.6 Å². The van der Waals surface area contributed by atoms with Crippen LogP contribution in [0.3, 0.4) is 0 Å². The van der Waals surface area contributed by atoms with Crippen LogP contribution in [0.5, 0.6) is 5.75 Å². The average molecular weight is 336 g/mol. The number of amides is 1. The number of piperidine rings is 1. The topological polar surface area (TPSA) is 110 Å². The number of rotatable bonds is 4. The van der Waals surface area contributed by atoms with Crippen LogP contribution in [-0.4, -0.2) is 46.5 Å². The Bertz CT molecular complexity index is 687. The molecule has 0 bridgehead atoms. The van der Waals surface area contributed by atoms with Crippen LogP contribution in [0.1, 0.15) is 35.7 Å². The molecule has 1 aromatic rings. The molecule has 1 N–H and O–H groups in total. The lowest BCUT2D eigenvalue weighted by atomic mass is 9.91. The maximum absolute atomic E-state index is 12.8. The quantitative estimate of drug-likeness (QED) is 0.667.